The first-order chi connectivity index (χ1) is 14.5. The van der Waals surface area contributed by atoms with Crippen LogP contribution >= 0.6 is 15.9 Å². The molecule has 0 radical (unpaired) electrons. The third kappa shape index (κ3) is 4.99. The van der Waals surface area contributed by atoms with Gasteiger partial charge in [0, 0.05) is 53.4 Å². The van der Waals surface area contributed by atoms with Crippen LogP contribution in [-0.4, -0.2) is 30.7 Å². The van der Waals surface area contributed by atoms with Crippen LogP contribution in [0.25, 0.3) is 17.0 Å². The lowest BCUT2D eigenvalue weighted by atomic mass is 10.1. The van der Waals surface area contributed by atoms with E-state index in [2.05, 4.69) is 50.1 Å². The molecule has 0 atom stereocenters. The van der Waals surface area contributed by atoms with Crippen molar-refractivity contribution in [3.8, 4) is 6.07 Å². The van der Waals surface area contributed by atoms with Gasteiger partial charge in [-0.1, -0.05) is 46.3 Å². The maximum absolute atomic E-state index is 12.5. The molecule has 154 valence electrons. The van der Waals surface area contributed by atoms with Gasteiger partial charge < -0.3 is 14.6 Å². The van der Waals surface area contributed by atoms with Crippen molar-refractivity contribution >= 4 is 38.8 Å². The number of fused-ring (bicyclic) bond motifs is 1. The Bertz CT molecular complexity index is 1110. The van der Waals surface area contributed by atoms with E-state index in [-0.39, 0.29) is 11.5 Å². The van der Waals surface area contributed by atoms with E-state index >= 15 is 0 Å². The molecule has 30 heavy (non-hydrogen) atoms. The highest BCUT2D eigenvalue weighted by Crippen LogP contribution is 2.29. The van der Waals surface area contributed by atoms with Crippen molar-refractivity contribution in [3.05, 3.63) is 75.4 Å². The number of nitrogens with one attached hydrogen (secondary N) is 1. The Labute approximate surface area is 185 Å². The predicted octanol–water partition coefficient (Wildman–Crippen LogP) is 4.82. The highest BCUT2D eigenvalue weighted by Gasteiger charge is 2.16. The summed E-state index contributed by atoms with van der Waals surface area (Å²) >= 11 is 3.47. The number of nitriles is 1. The highest BCUT2D eigenvalue weighted by atomic mass is 79.9. The molecule has 1 N–H and O–H groups in total. The van der Waals surface area contributed by atoms with Crippen LogP contribution in [-0.2, 0) is 16.1 Å². The van der Waals surface area contributed by atoms with Crippen molar-refractivity contribution in [2.45, 2.75) is 19.9 Å². The van der Waals surface area contributed by atoms with Crippen molar-refractivity contribution in [1.82, 2.24) is 9.88 Å². The number of nitrogens with zero attached hydrogens (tertiary/aromatic N) is 2. The minimum absolute atomic E-state index is 0.0991. The number of ether oxygens (including phenoxy) is 1. The molecule has 5 nitrogen and oxygen atoms in total. The number of carbonyl (C=O) groups excluding carboxylic acids is 1. The zero-order chi connectivity index (χ0) is 21.5. The van der Waals surface area contributed by atoms with Crippen LogP contribution in [0, 0.1) is 18.3 Å². The Morgan fingerprint density at radius 3 is 2.67 bits per heavy atom. The van der Waals surface area contributed by atoms with E-state index in [0.717, 1.165) is 26.6 Å². The Morgan fingerprint density at radius 1 is 1.23 bits per heavy atom. The molecule has 0 saturated heterocycles. The third-order valence-electron chi connectivity index (χ3n) is 5.00. The van der Waals surface area contributed by atoms with E-state index in [9.17, 15) is 10.1 Å². The Morgan fingerprint density at radius 2 is 1.97 bits per heavy atom. The molecule has 1 aromatic heterocycles. The molecule has 1 amide bonds. The van der Waals surface area contributed by atoms with Gasteiger partial charge in [-0.2, -0.15) is 5.26 Å². The molecule has 0 spiro atoms. The molecule has 6 heteroatoms. The molecule has 3 aromatic rings. The molecule has 1 heterocycles. The Balaban J connectivity index is 1.96. The van der Waals surface area contributed by atoms with Crippen molar-refractivity contribution in [1.29, 1.82) is 5.26 Å². The number of benzene rings is 2. The summed E-state index contributed by atoms with van der Waals surface area (Å²) < 4.78 is 8.25. The van der Waals surface area contributed by atoms with Gasteiger partial charge >= 0.3 is 0 Å². The van der Waals surface area contributed by atoms with Gasteiger partial charge in [0.2, 0.25) is 0 Å². The third-order valence-corrected chi connectivity index (χ3v) is 5.53. The van der Waals surface area contributed by atoms with Gasteiger partial charge in [0.1, 0.15) is 11.6 Å². The van der Waals surface area contributed by atoms with Gasteiger partial charge in [-0.3, -0.25) is 4.79 Å². The summed E-state index contributed by atoms with van der Waals surface area (Å²) in [5, 5.41) is 13.4. The molecular weight excluding hydrogens is 442 g/mol. The first-order valence-corrected chi connectivity index (χ1v) is 10.6. The first kappa shape index (κ1) is 21.8. The summed E-state index contributed by atoms with van der Waals surface area (Å²) in [6.07, 6.45) is 2.40. The van der Waals surface area contributed by atoms with Crippen molar-refractivity contribution in [2.75, 3.05) is 20.3 Å². The minimum Gasteiger partial charge on any atom is -0.385 e. The van der Waals surface area contributed by atoms with E-state index in [1.165, 1.54) is 5.56 Å². The van der Waals surface area contributed by atoms with E-state index in [1.807, 2.05) is 37.3 Å². The minimum atomic E-state index is -0.363. The SMILES string of the molecule is COCCCNC(=O)/C(C#N)=C/c1c(C)n(Cc2ccc(Br)cc2)c2ccccc12. The summed E-state index contributed by atoms with van der Waals surface area (Å²) in [6, 6.07) is 18.3. The normalized spacial score (nSPS) is 11.5. The van der Waals surface area contributed by atoms with Gasteiger partial charge in [-0.25, -0.2) is 0 Å². The predicted molar refractivity (Wildman–Crippen MR) is 123 cm³/mol. The number of hydrogen-bond acceptors (Lipinski definition) is 3. The quantitative estimate of drug-likeness (QED) is 0.294. The molecule has 0 aliphatic carbocycles. The maximum atomic E-state index is 12.5. The molecule has 2 aromatic carbocycles. The number of halogens is 1. The Hall–Kier alpha value is -2.88. The summed E-state index contributed by atoms with van der Waals surface area (Å²) in [5.74, 6) is -0.363. The van der Waals surface area contributed by atoms with Crippen LogP contribution < -0.4 is 5.32 Å². The van der Waals surface area contributed by atoms with Crippen LogP contribution in [0.4, 0.5) is 0 Å². The number of carbonyl (C=O) groups is 1. The summed E-state index contributed by atoms with van der Waals surface area (Å²) in [5.41, 5.74) is 4.25. The number of rotatable bonds is 8. The fourth-order valence-corrected chi connectivity index (χ4v) is 3.69. The topological polar surface area (TPSA) is 67.0 Å². The zero-order valence-electron chi connectivity index (χ0n) is 17.1. The van der Waals surface area contributed by atoms with E-state index < -0.39 is 0 Å². The van der Waals surface area contributed by atoms with E-state index in [0.29, 0.717) is 26.1 Å². The number of amides is 1. The number of methoxy groups -OCH3 is 1. The molecule has 0 saturated carbocycles. The molecule has 0 aliphatic heterocycles. The monoisotopic (exact) mass is 465 g/mol. The second-order valence-electron chi connectivity index (χ2n) is 7.00. The van der Waals surface area contributed by atoms with Crippen LogP contribution in [0.15, 0.2) is 58.6 Å². The average molecular weight is 466 g/mol. The molecule has 0 fully saturated rings. The van der Waals surface area contributed by atoms with Crippen molar-refractivity contribution in [2.24, 2.45) is 0 Å². The van der Waals surface area contributed by atoms with Gasteiger partial charge in [0.05, 0.1) is 0 Å². The van der Waals surface area contributed by atoms with Gasteiger partial charge in [-0.15, -0.1) is 0 Å². The van der Waals surface area contributed by atoms with Crippen molar-refractivity contribution in [3.63, 3.8) is 0 Å². The molecule has 0 unspecified atom stereocenters. The molecule has 0 bridgehead atoms. The van der Waals surface area contributed by atoms with Crippen LogP contribution in [0.3, 0.4) is 0 Å². The van der Waals surface area contributed by atoms with Crippen LogP contribution in [0.1, 0.15) is 23.2 Å². The number of para-hydroxylation sites is 1. The first-order valence-electron chi connectivity index (χ1n) is 9.76. The fourth-order valence-electron chi connectivity index (χ4n) is 3.42. The zero-order valence-corrected chi connectivity index (χ0v) is 18.7. The molecule has 0 aliphatic rings. The average Bonchev–Trinajstić information content (AvgIpc) is 3.02. The lowest BCUT2D eigenvalue weighted by molar-refractivity contribution is -0.117. The van der Waals surface area contributed by atoms with Crippen LogP contribution in [0.5, 0.6) is 0 Å². The highest BCUT2D eigenvalue weighted by molar-refractivity contribution is 9.10. The summed E-state index contributed by atoms with van der Waals surface area (Å²) in [6.45, 7) is 3.76. The molecule has 3 rings (SSSR count). The maximum Gasteiger partial charge on any atom is 0.261 e. The summed E-state index contributed by atoms with van der Waals surface area (Å²) in [4.78, 5) is 12.5. The smallest absolute Gasteiger partial charge is 0.261 e. The number of hydrogen-bond donors (Lipinski definition) is 1. The van der Waals surface area contributed by atoms with Crippen LogP contribution in [0.2, 0.25) is 0 Å². The lowest BCUT2D eigenvalue weighted by Crippen LogP contribution is -2.26. The molecular formula is C24H24BrN3O2. The second-order valence-corrected chi connectivity index (χ2v) is 7.92. The number of aromatic nitrogens is 1. The van der Waals surface area contributed by atoms with Gasteiger partial charge in [-0.05, 0) is 43.2 Å². The van der Waals surface area contributed by atoms with E-state index in [1.54, 1.807) is 13.2 Å². The van der Waals surface area contributed by atoms with Crippen molar-refractivity contribution < 1.29 is 9.53 Å². The van der Waals surface area contributed by atoms with E-state index in [4.69, 9.17) is 4.74 Å². The van der Waals surface area contributed by atoms with Gasteiger partial charge in [0.15, 0.2) is 0 Å². The lowest BCUT2D eigenvalue weighted by Gasteiger charge is -2.09. The largest absolute Gasteiger partial charge is 0.385 e. The second kappa shape index (κ2) is 10.2. The Kier molecular flexibility index (Phi) is 7.45. The fraction of sp³-hybridized carbons (Fsp3) is 0.250. The summed E-state index contributed by atoms with van der Waals surface area (Å²) in [7, 11) is 1.62. The van der Waals surface area contributed by atoms with Gasteiger partial charge in [0.25, 0.3) is 5.91 Å². The standard InChI is InChI=1S/C24H24BrN3O2/c1-17-22(14-19(15-26)24(29)27-12-5-13-30-2)21-6-3-4-7-23(21)28(17)16-18-8-10-20(25)11-9-18/h3-4,6-11,14H,5,12-13,16H2,1-2H3,(H,27,29)/b19-14+.